The van der Waals surface area contributed by atoms with Crippen molar-refractivity contribution in [1.29, 1.82) is 10.5 Å². The number of halogens is 11. The summed E-state index contributed by atoms with van der Waals surface area (Å²) >= 11 is 50.0. The van der Waals surface area contributed by atoms with Crippen LogP contribution >= 0.6 is 92.8 Å². The Hall–Kier alpha value is -11.1. The van der Waals surface area contributed by atoms with Crippen LogP contribution in [0.5, 0.6) is 0 Å². The molecule has 0 saturated carbocycles. The molecule has 0 spiro atoms. The Kier molecular flexibility index (Phi) is 33.8. The highest BCUT2D eigenvalue weighted by Gasteiger charge is 2.40. The first-order chi connectivity index (χ1) is 69.5. The number of hydrogen-bond acceptors (Lipinski definition) is 16. The Balaban J connectivity index is 0.000000132. The first-order valence-corrected chi connectivity index (χ1v) is 52.3. The molecule has 4 saturated heterocycles. The van der Waals surface area contributed by atoms with E-state index in [4.69, 9.17) is 97.5 Å². The number of benzene rings is 8. The first-order valence-electron chi connectivity index (χ1n) is 49.3. The largest absolute Gasteiger partial charge is 0.461 e. The predicted molar refractivity (Wildman–Crippen MR) is 565 cm³/mol. The number of amides is 4. The lowest BCUT2D eigenvalue weighted by atomic mass is 9.97. The van der Waals surface area contributed by atoms with Crippen LogP contribution < -0.4 is 21.3 Å². The predicted octanol–water partition coefficient (Wildman–Crippen LogP) is 23.2. The minimum absolute atomic E-state index is 0.0322. The molecule has 4 aromatic heterocycles. The van der Waals surface area contributed by atoms with Gasteiger partial charge in [0.25, 0.3) is 0 Å². The molecule has 0 radical (unpaired) electrons. The molecule has 750 valence electrons. The number of nitrogens with one attached hydrogen (secondary N) is 4. The number of aromatic nitrogens is 8. The first kappa shape index (κ1) is 104. The Morgan fingerprint density at radius 2 is 0.722 bits per heavy atom. The second-order valence-electron chi connectivity index (χ2n) is 37.6. The van der Waals surface area contributed by atoms with Crippen LogP contribution in [0.3, 0.4) is 0 Å². The molecule has 0 bridgehead atoms. The topological polar surface area (TPSA) is 275 Å². The number of esters is 1. The molecule has 4 amide bonds. The molecule has 12 aromatic rings. The molecule has 4 N–H and O–H groups in total. The monoisotopic (exact) mass is 2100 g/mol. The molecule has 7 atom stereocenters. The fourth-order valence-corrected chi connectivity index (χ4v) is 22.7. The number of alkyl halides is 3. The van der Waals surface area contributed by atoms with Crippen LogP contribution in [0.25, 0.3) is 65.9 Å². The number of hydrogen-bond donors (Lipinski definition) is 4. The molecule has 20 rings (SSSR count). The maximum atomic E-state index is 13.9. The zero-order valence-corrected chi connectivity index (χ0v) is 86.3. The summed E-state index contributed by atoms with van der Waals surface area (Å²) in [6.45, 7) is 16.8. The van der Waals surface area contributed by atoms with Gasteiger partial charge in [0.2, 0.25) is 23.6 Å². The zero-order chi connectivity index (χ0) is 101. The van der Waals surface area contributed by atoms with Gasteiger partial charge in [-0.1, -0.05) is 191 Å². The summed E-state index contributed by atoms with van der Waals surface area (Å²) in [6.07, 6.45) is 19.3. The molecule has 8 aliphatic rings. The lowest BCUT2D eigenvalue weighted by molar-refractivity contribution is -0.140. The summed E-state index contributed by atoms with van der Waals surface area (Å²) in [5.41, 5.74) is 14.9. The maximum Gasteiger partial charge on any atom is 0.435 e. The van der Waals surface area contributed by atoms with Crippen LogP contribution in [0, 0.1) is 22.7 Å². The van der Waals surface area contributed by atoms with E-state index in [1.54, 1.807) is 73.1 Å². The van der Waals surface area contributed by atoms with Gasteiger partial charge >= 0.3 is 12.1 Å². The van der Waals surface area contributed by atoms with E-state index in [-0.39, 0.29) is 77.6 Å². The van der Waals surface area contributed by atoms with Crippen molar-refractivity contribution in [2.24, 2.45) is 0 Å². The fraction of sp³-hybridized carbons (Fsp3) is 0.385. The lowest BCUT2D eigenvalue weighted by Gasteiger charge is -2.32. The van der Waals surface area contributed by atoms with Gasteiger partial charge in [0.15, 0.2) is 22.8 Å². The molecule has 4 fully saturated rings. The van der Waals surface area contributed by atoms with Crippen molar-refractivity contribution in [1.82, 2.24) is 80.0 Å². The second-order valence-corrected chi connectivity index (χ2v) is 41.0. The fourth-order valence-electron chi connectivity index (χ4n) is 20.5. The van der Waals surface area contributed by atoms with E-state index in [0.717, 1.165) is 200 Å². The van der Waals surface area contributed by atoms with Crippen molar-refractivity contribution in [3.8, 4) is 12.1 Å². The van der Waals surface area contributed by atoms with Crippen molar-refractivity contribution < 1.29 is 41.9 Å². The third-order valence-corrected chi connectivity index (χ3v) is 30.8. The number of carbonyl (C=O) groups is 5. The Morgan fingerprint density at radius 3 is 1.03 bits per heavy atom. The van der Waals surface area contributed by atoms with Crippen LogP contribution in [0.15, 0.2) is 170 Å². The van der Waals surface area contributed by atoms with Crippen LogP contribution in [-0.4, -0.2) is 198 Å². The molecule has 144 heavy (non-hydrogen) atoms. The summed E-state index contributed by atoms with van der Waals surface area (Å²) in [7, 11) is 0. The van der Waals surface area contributed by atoms with E-state index < -0.39 is 23.9 Å². The highest BCUT2D eigenvalue weighted by Crippen LogP contribution is 2.43. The number of carbonyl (C=O) groups excluding carboxylic acids is 5. The van der Waals surface area contributed by atoms with Gasteiger partial charge in [-0.3, -0.25) is 37.9 Å². The molecule has 8 aliphatic heterocycles. The van der Waals surface area contributed by atoms with Crippen LogP contribution in [0.1, 0.15) is 221 Å². The third-order valence-electron chi connectivity index (χ3n) is 28.5. The Morgan fingerprint density at radius 1 is 0.403 bits per heavy atom. The number of rotatable bonds is 18. The molecule has 0 aliphatic carbocycles. The van der Waals surface area contributed by atoms with Gasteiger partial charge in [-0.25, -0.2) is 4.79 Å². The Bertz CT molecular complexity index is 6880. The van der Waals surface area contributed by atoms with Crippen molar-refractivity contribution >= 4 is 188 Å². The van der Waals surface area contributed by atoms with Crippen molar-refractivity contribution in [2.75, 3.05) is 85.1 Å². The van der Waals surface area contributed by atoms with Crippen molar-refractivity contribution in [2.45, 2.75) is 185 Å². The average Bonchev–Trinajstić information content (AvgIpc) is 1.35. The molecular weight excluding hydrogens is 2000 g/mol. The number of piperidine rings is 4. The molecule has 8 aromatic carbocycles. The third kappa shape index (κ3) is 23.6. The van der Waals surface area contributed by atoms with E-state index in [0.29, 0.717) is 128 Å². The van der Waals surface area contributed by atoms with Gasteiger partial charge in [-0.15, -0.1) is 0 Å². The van der Waals surface area contributed by atoms with Crippen LogP contribution in [-0.2, 0) is 36.6 Å². The number of nitrogens with zero attached hydrogens (tertiary/aromatic N) is 14. The summed E-state index contributed by atoms with van der Waals surface area (Å²) in [5, 5.41) is 57.1. The smallest absolute Gasteiger partial charge is 0.435 e. The van der Waals surface area contributed by atoms with Gasteiger partial charge in [0, 0.05) is 114 Å². The van der Waals surface area contributed by atoms with Gasteiger partial charge in [0.05, 0.1) is 77.5 Å². The summed E-state index contributed by atoms with van der Waals surface area (Å²) in [6, 6.07) is 47.5. The average molecular weight is 2110 g/mol. The van der Waals surface area contributed by atoms with Gasteiger partial charge < -0.3 is 45.6 Å². The minimum Gasteiger partial charge on any atom is -0.461 e. The van der Waals surface area contributed by atoms with E-state index in [9.17, 15) is 47.7 Å². The van der Waals surface area contributed by atoms with Gasteiger partial charge in [0.1, 0.15) is 12.1 Å². The Labute approximate surface area is 874 Å². The van der Waals surface area contributed by atoms with Crippen LogP contribution in [0.2, 0.25) is 40.2 Å². The summed E-state index contributed by atoms with van der Waals surface area (Å²) in [5.74, 6) is 0.278. The highest BCUT2D eigenvalue weighted by atomic mass is 35.5. The van der Waals surface area contributed by atoms with Gasteiger partial charge in [-0.05, 0) is 295 Å². The normalized spacial score (nSPS) is 19.1. The standard InChI is InChI=1S/C28H30Cl2N4O3.C27H27Cl2F3N4O.2C27H27Cl2N5O/c1-2-37-28(36)26-22-9-7-19(15-25(22)34(32-26)17-20-6-8-21(29)16-23(20)30)18-10-13-33(14-11-18)27(35)24-5-3-4-12-31-24;1-16(20-8-6-19(28)15-22(20)29)36-24-14-18(5-7-21(24)25(34-36)27(30,31)32)17-9-12-35(13-10-17)26(37)23-4-2-3-11-33-23;2*1-17(21-8-6-20(28)15-23(21)29)34-26-14-19(5-7-22(26)25(16-30)32-34)18-9-12-33(13-10-18)27(35)24-4-2-3-11-31-24/h6-10,15-16,24,31H,2-5,11-14,17H2,1H3;5-9,14-16,23,33H,2-4,10-13H2,1H3;2*5-9,14-15,17,24,31H,2-4,10-13H2,1H3. The van der Waals surface area contributed by atoms with Crippen molar-refractivity contribution in [3.63, 3.8) is 0 Å². The second kappa shape index (κ2) is 46.7. The lowest BCUT2D eigenvalue weighted by Crippen LogP contribution is -2.49. The van der Waals surface area contributed by atoms with E-state index >= 15 is 0 Å². The molecular formula is C109H111Cl8F3N18O6. The van der Waals surface area contributed by atoms with E-state index in [1.807, 2.05) is 116 Å². The summed E-state index contributed by atoms with van der Waals surface area (Å²) in [4.78, 5) is 71.9. The van der Waals surface area contributed by atoms with E-state index in [1.165, 1.54) is 27.5 Å². The molecule has 35 heteroatoms. The van der Waals surface area contributed by atoms with Gasteiger partial charge in [-0.2, -0.15) is 44.1 Å². The van der Waals surface area contributed by atoms with Crippen molar-refractivity contribution in [3.05, 3.63) is 277 Å². The maximum absolute atomic E-state index is 13.9. The quantitative estimate of drug-likeness (QED) is 0.0581. The zero-order valence-electron chi connectivity index (χ0n) is 80.3. The molecule has 24 nitrogen and oxygen atoms in total. The summed E-state index contributed by atoms with van der Waals surface area (Å²) < 4.78 is 53.8. The van der Waals surface area contributed by atoms with Crippen LogP contribution in [0.4, 0.5) is 13.2 Å². The highest BCUT2D eigenvalue weighted by molar-refractivity contribution is 6.37. The molecule has 7 unspecified atom stereocenters. The molecule has 12 heterocycles. The number of fused-ring (bicyclic) bond motifs is 4. The number of nitriles is 2. The minimum atomic E-state index is -4.60. The van der Waals surface area contributed by atoms with E-state index in [2.05, 4.69) is 90.2 Å². The SMILES string of the molecule is CC(c1ccc(Cl)cc1Cl)n1nc(C#N)c2ccc(C3=CCN(C(=O)C4CCCCN4)CC3)cc21.CC(c1ccc(Cl)cc1Cl)n1nc(C#N)c2ccc(C3=CCN(C(=O)C4CCCCN4)CC3)cc21.CC(c1ccc(Cl)cc1Cl)n1nc(C(F)(F)F)c2ccc(C3=CCN(C(=O)C4CCCCN4)CC3)cc21.CCOC(=O)c1nn(Cc2ccc(Cl)cc2Cl)c2cc(C3=CCN(C(=O)C4CCCCN4)CC3)ccc12. The number of ether oxygens (including phenoxy) is 1.